The molecule has 4 N–H and O–H groups in total. The van der Waals surface area contributed by atoms with E-state index in [9.17, 15) is 4.79 Å². The van der Waals surface area contributed by atoms with Gasteiger partial charge >= 0.3 is 0 Å². The Morgan fingerprint density at radius 2 is 1.78 bits per heavy atom. The van der Waals surface area contributed by atoms with Crippen LogP contribution in [0, 0.1) is 0 Å². The molecule has 1 amide bonds. The maximum absolute atomic E-state index is 11.5. The van der Waals surface area contributed by atoms with Gasteiger partial charge in [-0.05, 0) is 62.3 Å². The number of hydrogen-bond acceptors (Lipinski definition) is 4. The molecule has 0 aliphatic heterocycles. The minimum atomic E-state index is -2.36. The number of carbonyl (C=O) groups is 1. The first-order valence-corrected chi connectivity index (χ1v) is 11.9. The Bertz CT molecular complexity index is 1120. The van der Waals surface area contributed by atoms with Crippen molar-refractivity contribution >= 4 is 44.7 Å². The van der Waals surface area contributed by atoms with Gasteiger partial charge in [-0.15, -0.1) is 0 Å². The fourth-order valence-electron chi connectivity index (χ4n) is 3.08. The smallest absolute Gasteiger partial charge is 0.221 e. The van der Waals surface area contributed by atoms with Gasteiger partial charge in [-0.1, -0.05) is 61.8 Å². The highest BCUT2D eigenvalue weighted by Crippen LogP contribution is 2.38. The van der Waals surface area contributed by atoms with Crippen molar-refractivity contribution in [1.29, 1.82) is 0 Å². The SMILES string of the molecule is CC(C)c1ccc(-c2ccccc2CC(N)=O)cc1Oc1cc(Cl)ccc1Br.NS(=O)[O-]. The summed E-state index contributed by atoms with van der Waals surface area (Å²) in [6.07, 6.45) is 0.193. The maximum Gasteiger partial charge on any atom is 0.221 e. The molecule has 0 saturated carbocycles. The molecular formula is C23H23BrClN2O4S-. The molecule has 6 nitrogen and oxygen atoms in total. The Morgan fingerprint density at radius 3 is 2.41 bits per heavy atom. The van der Waals surface area contributed by atoms with Gasteiger partial charge in [0.05, 0.1) is 10.9 Å². The van der Waals surface area contributed by atoms with Gasteiger partial charge in [-0.2, -0.15) is 0 Å². The van der Waals surface area contributed by atoms with Gasteiger partial charge in [0, 0.05) is 22.4 Å². The zero-order chi connectivity index (χ0) is 23.8. The van der Waals surface area contributed by atoms with Crippen LogP contribution in [-0.2, 0) is 22.5 Å². The monoisotopic (exact) mass is 537 g/mol. The van der Waals surface area contributed by atoms with Crippen LogP contribution in [0.25, 0.3) is 11.1 Å². The molecule has 9 heteroatoms. The summed E-state index contributed by atoms with van der Waals surface area (Å²) in [6.45, 7) is 4.24. The number of amides is 1. The summed E-state index contributed by atoms with van der Waals surface area (Å²) >= 11 is 7.29. The van der Waals surface area contributed by atoms with E-state index in [1.54, 1.807) is 12.1 Å². The minimum Gasteiger partial charge on any atom is -0.760 e. The average Bonchev–Trinajstić information content (AvgIpc) is 2.70. The molecule has 0 heterocycles. The lowest BCUT2D eigenvalue weighted by Gasteiger charge is -2.17. The summed E-state index contributed by atoms with van der Waals surface area (Å²) in [5.74, 6) is 1.33. The van der Waals surface area contributed by atoms with Gasteiger partial charge in [0.1, 0.15) is 11.5 Å². The zero-order valence-corrected chi connectivity index (χ0v) is 20.7. The molecule has 0 aliphatic rings. The fraction of sp³-hybridized carbons (Fsp3) is 0.174. The van der Waals surface area contributed by atoms with Gasteiger partial charge in [0.15, 0.2) is 0 Å². The summed E-state index contributed by atoms with van der Waals surface area (Å²) in [5, 5.41) is 4.63. The summed E-state index contributed by atoms with van der Waals surface area (Å²) < 4.78 is 24.6. The van der Waals surface area contributed by atoms with Crippen LogP contribution in [0.4, 0.5) is 0 Å². The summed E-state index contributed by atoms with van der Waals surface area (Å²) in [4.78, 5) is 11.5. The summed E-state index contributed by atoms with van der Waals surface area (Å²) in [7, 11) is 0. The molecule has 3 rings (SSSR count). The molecule has 1 unspecified atom stereocenters. The molecule has 0 spiro atoms. The molecule has 170 valence electrons. The summed E-state index contributed by atoms with van der Waals surface area (Å²) in [5.41, 5.74) is 9.33. The van der Waals surface area contributed by atoms with Crippen molar-refractivity contribution in [2.75, 3.05) is 0 Å². The minimum absolute atomic E-state index is 0.193. The van der Waals surface area contributed by atoms with Crippen LogP contribution in [-0.4, -0.2) is 14.7 Å². The Hall–Kier alpha value is -2.23. The van der Waals surface area contributed by atoms with Crippen LogP contribution in [0.5, 0.6) is 11.5 Å². The number of hydrogen-bond donors (Lipinski definition) is 2. The highest BCUT2D eigenvalue weighted by molar-refractivity contribution is 9.10. The number of benzene rings is 3. The third kappa shape index (κ3) is 7.72. The third-order valence-electron chi connectivity index (χ3n) is 4.44. The first kappa shape index (κ1) is 26.0. The molecule has 0 radical (unpaired) electrons. The van der Waals surface area contributed by atoms with Gasteiger partial charge in [0.2, 0.25) is 5.91 Å². The Labute approximate surface area is 203 Å². The lowest BCUT2D eigenvalue weighted by Crippen LogP contribution is -2.14. The predicted octanol–water partition coefficient (Wildman–Crippen LogP) is 5.45. The van der Waals surface area contributed by atoms with E-state index in [0.29, 0.717) is 10.8 Å². The van der Waals surface area contributed by atoms with E-state index in [2.05, 4.69) is 47.0 Å². The maximum atomic E-state index is 11.5. The van der Waals surface area contributed by atoms with Crippen LogP contribution in [0.2, 0.25) is 5.02 Å². The van der Waals surface area contributed by atoms with E-state index in [1.165, 1.54) is 0 Å². The average molecular weight is 539 g/mol. The molecule has 32 heavy (non-hydrogen) atoms. The van der Waals surface area contributed by atoms with Crippen molar-refractivity contribution in [3.63, 3.8) is 0 Å². The first-order chi connectivity index (χ1) is 15.1. The number of rotatable bonds is 6. The van der Waals surface area contributed by atoms with E-state index in [0.717, 1.165) is 32.5 Å². The van der Waals surface area contributed by atoms with Crippen LogP contribution < -0.4 is 15.6 Å². The van der Waals surface area contributed by atoms with Crippen molar-refractivity contribution in [2.24, 2.45) is 10.9 Å². The topological polar surface area (TPSA) is 118 Å². The van der Waals surface area contributed by atoms with E-state index in [4.69, 9.17) is 30.8 Å². The molecule has 0 bridgehead atoms. The van der Waals surface area contributed by atoms with Gasteiger partial charge in [-0.3, -0.25) is 14.1 Å². The van der Waals surface area contributed by atoms with Crippen LogP contribution in [0.3, 0.4) is 0 Å². The lowest BCUT2D eigenvalue weighted by atomic mass is 9.94. The van der Waals surface area contributed by atoms with Crippen molar-refractivity contribution in [3.05, 3.63) is 81.3 Å². The van der Waals surface area contributed by atoms with E-state index < -0.39 is 11.3 Å². The number of carbonyl (C=O) groups excluding carboxylic acids is 1. The van der Waals surface area contributed by atoms with E-state index >= 15 is 0 Å². The summed E-state index contributed by atoms with van der Waals surface area (Å²) in [6, 6.07) is 19.3. The number of ether oxygens (including phenoxy) is 1. The van der Waals surface area contributed by atoms with Crippen molar-refractivity contribution in [1.82, 2.24) is 0 Å². The molecule has 3 aromatic rings. The van der Waals surface area contributed by atoms with Crippen molar-refractivity contribution < 1.29 is 18.3 Å². The predicted molar refractivity (Wildman–Crippen MR) is 131 cm³/mol. The second-order valence-electron chi connectivity index (χ2n) is 7.14. The van der Waals surface area contributed by atoms with Crippen molar-refractivity contribution in [3.8, 4) is 22.6 Å². The highest BCUT2D eigenvalue weighted by atomic mass is 79.9. The van der Waals surface area contributed by atoms with Gasteiger partial charge in [0.25, 0.3) is 0 Å². The molecule has 0 aromatic heterocycles. The first-order valence-electron chi connectivity index (χ1n) is 9.55. The van der Waals surface area contributed by atoms with Gasteiger partial charge < -0.3 is 15.0 Å². The van der Waals surface area contributed by atoms with Gasteiger partial charge in [-0.25, -0.2) is 0 Å². The Kier molecular flexibility index (Phi) is 9.86. The third-order valence-corrected chi connectivity index (χ3v) is 5.33. The quantitative estimate of drug-likeness (QED) is 0.405. The molecule has 0 saturated heterocycles. The largest absolute Gasteiger partial charge is 0.760 e. The zero-order valence-electron chi connectivity index (χ0n) is 17.5. The number of primary amides is 1. The van der Waals surface area contributed by atoms with Crippen LogP contribution in [0.1, 0.15) is 30.9 Å². The standard InChI is InChI=1S/C23H21BrClNO2.H3NO2S/c1-14(2)18-9-7-16(19-6-4-3-5-15(19)12-23(26)27)11-21(18)28-22-13-17(25)8-10-20(22)24;1-4(2)3/h3-11,13-14H,12H2,1-2H3,(H2,26,27);1H2,(H,2,3)/p-1. The van der Waals surface area contributed by atoms with Crippen LogP contribution >= 0.6 is 27.5 Å². The molecular weight excluding hydrogens is 516 g/mol. The van der Waals surface area contributed by atoms with Crippen molar-refractivity contribution in [2.45, 2.75) is 26.2 Å². The number of nitrogens with two attached hydrogens (primary N) is 2. The molecule has 3 aromatic carbocycles. The molecule has 0 fully saturated rings. The Balaban J connectivity index is 0.000000837. The normalized spacial score (nSPS) is 11.5. The molecule has 1 atom stereocenters. The van der Waals surface area contributed by atoms with E-state index in [1.807, 2.05) is 36.4 Å². The number of halogens is 2. The highest BCUT2D eigenvalue weighted by Gasteiger charge is 2.14. The second-order valence-corrected chi connectivity index (χ2v) is 8.96. The second kappa shape index (κ2) is 12.1. The Morgan fingerprint density at radius 1 is 1.12 bits per heavy atom. The van der Waals surface area contributed by atoms with Crippen LogP contribution in [0.15, 0.2) is 65.1 Å². The molecule has 0 aliphatic carbocycles. The lowest BCUT2D eigenvalue weighted by molar-refractivity contribution is -0.117. The fourth-order valence-corrected chi connectivity index (χ4v) is 3.57. The van der Waals surface area contributed by atoms with E-state index in [-0.39, 0.29) is 18.2 Å².